The second-order valence-electron chi connectivity index (χ2n) is 7.72. The lowest BCUT2D eigenvalue weighted by Crippen LogP contribution is -2.34. The van der Waals surface area contributed by atoms with Crippen LogP contribution in [0.15, 0.2) is 64.2 Å². The molecule has 0 aliphatic heterocycles. The number of rotatable bonds is 12. The number of carbonyl (C=O) groups excluding carboxylic acids is 2. The summed E-state index contributed by atoms with van der Waals surface area (Å²) in [6.07, 6.45) is 1.46. The van der Waals surface area contributed by atoms with E-state index in [0.717, 1.165) is 5.56 Å². The van der Waals surface area contributed by atoms with Gasteiger partial charge < -0.3 is 24.3 Å². The van der Waals surface area contributed by atoms with Crippen molar-refractivity contribution >= 4 is 45.6 Å². The van der Waals surface area contributed by atoms with Gasteiger partial charge in [0.15, 0.2) is 23.0 Å². The first-order valence-corrected chi connectivity index (χ1v) is 12.7. The zero-order valence-corrected chi connectivity index (χ0v) is 23.4. The Morgan fingerprint density at radius 1 is 0.974 bits per heavy atom. The summed E-state index contributed by atoms with van der Waals surface area (Å²) in [5.41, 5.74) is 4.33. The molecule has 0 saturated heterocycles. The molecular formula is C27H27BrClN3O6. The van der Waals surface area contributed by atoms with Gasteiger partial charge in [-0.15, -0.1) is 0 Å². The van der Waals surface area contributed by atoms with Crippen LogP contribution in [0.5, 0.6) is 23.0 Å². The number of nitrogens with zero attached hydrogens (tertiary/aromatic N) is 1. The second kappa shape index (κ2) is 14.3. The molecule has 0 aliphatic rings. The Morgan fingerprint density at radius 3 is 2.39 bits per heavy atom. The van der Waals surface area contributed by atoms with Crippen molar-refractivity contribution in [3.63, 3.8) is 0 Å². The van der Waals surface area contributed by atoms with E-state index in [1.54, 1.807) is 36.4 Å². The maximum Gasteiger partial charge on any atom is 0.259 e. The number of amides is 2. The molecule has 2 amide bonds. The van der Waals surface area contributed by atoms with Crippen LogP contribution in [0.4, 0.5) is 0 Å². The molecule has 0 aliphatic carbocycles. The van der Waals surface area contributed by atoms with Crippen molar-refractivity contribution in [3.05, 3.63) is 80.8 Å². The van der Waals surface area contributed by atoms with E-state index in [-0.39, 0.29) is 6.54 Å². The maximum absolute atomic E-state index is 12.4. The van der Waals surface area contributed by atoms with Crippen LogP contribution in [0, 0.1) is 0 Å². The van der Waals surface area contributed by atoms with Crippen LogP contribution in [0.25, 0.3) is 0 Å². The standard InChI is InChI=1S/C27H27BrClN3O6/c1-4-37-24-12-18(11-21(28)26(24)38-16-17-5-8-20(29)9-6-17)14-31-32-25(33)15-30-27(34)19-7-10-22(35-2)23(13-19)36-3/h5-14H,4,15-16H2,1-3H3,(H,30,34)(H,32,33)/b31-14+. The minimum atomic E-state index is -0.498. The largest absolute Gasteiger partial charge is 0.493 e. The highest BCUT2D eigenvalue weighted by atomic mass is 79.9. The molecular weight excluding hydrogens is 578 g/mol. The Kier molecular flexibility index (Phi) is 10.8. The topological polar surface area (TPSA) is 107 Å². The van der Waals surface area contributed by atoms with E-state index in [1.165, 1.54) is 26.5 Å². The van der Waals surface area contributed by atoms with E-state index in [9.17, 15) is 9.59 Å². The molecule has 0 atom stereocenters. The predicted molar refractivity (Wildman–Crippen MR) is 149 cm³/mol. The summed E-state index contributed by atoms with van der Waals surface area (Å²) in [7, 11) is 2.98. The van der Waals surface area contributed by atoms with Gasteiger partial charge in [0.25, 0.3) is 11.8 Å². The molecule has 0 fully saturated rings. The molecule has 3 aromatic carbocycles. The molecule has 9 nitrogen and oxygen atoms in total. The van der Waals surface area contributed by atoms with Gasteiger partial charge in [-0.2, -0.15) is 5.10 Å². The number of hydrogen-bond acceptors (Lipinski definition) is 7. The lowest BCUT2D eigenvalue weighted by molar-refractivity contribution is -0.120. The summed E-state index contributed by atoms with van der Waals surface area (Å²) in [5.74, 6) is 1.03. The molecule has 2 N–H and O–H groups in total. The normalized spacial score (nSPS) is 10.7. The van der Waals surface area contributed by atoms with Crippen LogP contribution in [-0.4, -0.2) is 45.4 Å². The quantitative estimate of drug-likeness (QED) is 0.223. The van der Waals surface area contributed by atoms with Gasteiger partial charge in [-0.3, -0.25) is 9.59 Å². The smallest absolute Gasteiger partial charge is 0.259 e. The Labute approximate surface area is 234 Å². The number of carbonyl (C=O) groups is 2. The number of halogens is 2. The van der Waals surface area contributed by atoms with Gasteiger partial charge in [0.05, 0.1) is 38.1 Å². The number of hydrazone groups is 1. The Morgan fingerprint density at radius 2 is 1.71 bits per heavy atom. The lowest BCUT2D eigenvalue weighted by atomic mass is 10.2. The molecule has 200 valence electrons. The minimum absolute atomic E-state index is 0.268. The molecule has 0 saturated carbocycles. The molecule has 3 aromatic rings. The van der Waals surface area contributed by atoms with Crippen LogP contribution >= 0.6 is 27.5 Å². The lowest BCUT2D eigenvalue weighted by Gasteiger charge is -2.14. The summed E-state index contributed by atoms with van der Waals surface area (Å²) in [6, 6.07) is 15.6. The molecule has 0 spiro atoms. The average Bonchev–Trinajstić information content (AvgIpc) is 2.92. The number of ether oxygens (including phenoxy) is 4. The van der Waals surface area contributed by atoms with Crippen LogP contribution in [-0.2, 0) is 11.4 Å². The number of benzene rings is 3. The van der Waals surface area contributed by atoms with Crippen molar-refractivity contribution in [1.29, 1.82) is 0 Å². The Hall–Kier alpha value is -3.76. The van der Waals surface area contributed by atoms with Gasteiger partial charge in [0, 0.05) is 10.6 Å². The zero-order valence-electron chi connectivity index (χ0n) is 21.0. The van der Waals surface area contributed by atoms with Crippen molar-refractivity contribution in [2.24, 2.45) is 5.10 Å². The zero-order chi connectivity index (χ0) is 27.5. The van der Waals surface area contributed by atoms with Gasteiger partial charge in [-0.05, 0) is 76.4 Å². The van der Waals surface area contributed by atoms with E-state index < -0.39 is 11.8 Å². The van der Waals surface area contributed by atoms with Gasteiger partial charge in [-0.1, -0.05) is 23.7 Å². The van der Waals surface area contributed by atoms with E-state index in [1.807, 2.05) is 19.1 Å². The van der Waals surface area contributed by atoms with Crippen LogP contribution in [0.2, 0.25) is 5.02 Å². The Bertz CT molecular complexity index is 1300. The van der Waals surface area contributed by atoms with Crippen molar-refractivity contribution in [3.8, 4) is 23.0 Å². The summed E-state index contributed by atoms with van der Waals surface area (Å²) in [6.45, 7) is 2.36. The van der Waals surface area contributed by atoms with Crippen molar-refractivity contribution in [2.75, 3.05) is 27.4 Å². The van der Waals surface area contributed by atoms with Crippen molar-refractivity contribution < 1.29 is 28.5 Å². The minimum Gasteiger partial charge on any atom is -0.493 e. The third-order valence-corrected chi connectivity index (χ3v) is 5.93. The predicted octanol–water partition coefficient (Wildman–Crippen LogP) is 4.98. The number of methoxy groups -OCH3 is 2. The van der Waals surface area contributed by atoms with Crippen molar-refractivity contribution in [2.45, 2.75) is 13.5 Å². The van der Waals surface area contributed by atoms with Crippen molar-refractivity contribution in [1.82, 2.24) is 10.7 Å². The third kappa shape index (κ3) is 8.12. The SMILES string of the molecule is CCOc1cc(/C=N/NC(=O)CNC(=O)c2ccc(OC)c(OC)c2)cc(Br)c1OCc1ccc(Cl)cc1. The van der Waals surface area contributed by atoms with E-state index in [2.05, 4.69) is 31.8 Å². The van der Waals surface area contributed by atoms with Crippen LogP contribution < -0.4 is 29.7 Å². The van der Waals surface area contributed by atoms with E-state index >= 15 is 0 Å². The summed E-state index contributed by atoms with van der Waals surface area (Å²) < 4.78 is 22.7. The average molecular weight is 605 g/mol. The molecule has 0 aromatic heterocycles. The van der Waals surface area contributed by atoms with Gasteiger partial charge >= 0.3 is 0 Å². The highest BCUT2D eigenvalue weighted by Crippen LogP contribution is 2.37. The molecule has 3 rings (SSSR count). The van der Waals surface area contributed by atoms with Crippen LogP contribution in [0.1, 0.15) is 28.4 Å². The van der Waals surface area contributed by atoms with Gasteiger partial charge in [-0.25, -0.2) is 5.43 Å². The number of hydrogen-bond donors (Lipinski definition) is 2. The highest BCUT2D eigenvalue weighted by molar-refractivity contribution is 9.10. The Balaban J connectivity index is 1.57. The highest BCUT2D eigenvalue weighted by Gasteiger charge is 2.14. The molecule has 0 bridgehead atoms. The first-order chi connectivity index (χ1) is 18.3. The third-order valence-electron chi connectivity index (χ3n) is 5.09. The molecule has 0 heterocycles. The fourth-order valence-corrected chi connectivity index (χ4v) is 3.96. The summed E-state index contributed by atoms with van der Waals surface area (Å²) in [5, 5.41) is 7.16. The molecule has 11 heteroatoms. The summed E-state index contributed by atoms with van der Waals surface area (Å²) in [4.78, 5) is 24.6. The van der Waals surface area contributed by atoms with Gasteiger partial charge in [0.1, 0.15) is 6.61 Å². The monoisotopic (exact) mass is 603 g/mol. The van der Waals surface area contributed by atoms with Gasteiger partial charge in [0.2, 0.25) is 0 Å². The first kappa shape index (κ1) is 28.8. The fourth-order valence-electron chi connectivity index (χ4n) is 3.26. The molecule has 0 unspecified atom stereocenters. The molecule has 38 heavy (non-hydrogen) atoms. The second-order valence-corrected chi connectivity index (χ2v) is 9.01. The van der Waals surface area contributed by atoms with E-state index in [0.29, 0.717) is 56.8 Å². The fraction of sp³-hybridized carbons (Fsp3) is 0.222. The summed E-state index contributed by atoms with van der Waals surface area (Å²) >= 11 is 9.46. The number of nitrogens with one attached hydrogen (secondary N) is 2. The first-order valence-electron chi connectivity index (χ1n) is 11.5. The van der Waals surface area contributed by atoms with E-state index in [4.69, 9.17) is 30.5 Å². The van der Waals surface area contributed by atoms with Crippen LogP contribution in [0.3, 0.4) is 0 Å². The molecule has 0 radical (unpaired) electrons. The maximum atomic E-state index is 12.4.